The zero-order chi connectivity index (χ0) is 13.1. The summed E-state index contributed by atoms with van der Waals surface area (Å²) in [7, 11) is 0. The Morgan fingerprint density at radius 1 is 1.28 bits per heavy atom. The van der Waals surface area contributed by atoms with Crippen LogP contribution < -0.4 is 5.32 Å². The number of nitrogens with zero attached hydrogens (tertiary/aromatic N) is 4. The summed E-state index contributed by atoms with van der Waals surface area (Å²) in [5.41, 5.74) is 0.388. The summed E-state index contributed by atoms with van der Waals surface area (Å²) in [5, 5.41) is 14.3. The highest BCUT2D eigenvalue weighted by Gasteiger charge is 2.10. The van der Waals surface area contributed by atoms with Gasteiger partial charge in [-0.15, -0.1) is 5.10 Å². The molecule has 0 aliphatic carbocycles. The summed E-state index contributed by atoms with van der Waals surface area (Å²) in [5.74, 6) is -1.28. The molecule has 0 atom stereocenters. The van der Waals surface area contributed by atoms with E-state index in [0.717, 1.165) is 12.1 Å². The van der Waals surface area contributed by atoms with Gasteiger partial charge in [-0.3, -0.25) is 0 Å². The third kappa shape index (κ3) is 2.67. The fourth-order valence-corrected chi connectivity index (χ4v) is 1.43. The average molecular weight is 253 g/mol. The molecule has 1 heterocycles. The normalized spacial score (nSPS) is 11.2. The van der Waals surface area contributed by atoms with Crippen LogP contribution in [0.1, 0.15) is 19.7 Å². The number of benzene rings is 1. The van der Waals surface area contributed by atoms with E-state index in [2.05, 4.69) is 20.8 Å². The molecule has 1 aromatic carbocycles. The molecule has 0 unspecified atom stereocenters. The maximum Gasteiger partial charge on any atom is 0.170 e. The van der Waals surface area contributed by atoms with Gasteiger partial charge in [-0.05, 0) is 22.6 Å². The molecular weight excluding hydrogens is 240 g/mol. The molecule has 0 saturated carbocycles. The van der Waals surface area contributed by atoms with Gasteiger partial charge in [0, 0.05) is 12.1 Å². The quantitative estimate of drug-likeness (QED) is 0.895. The van der Waals surface area contributed by atoms with Crippen molar-refractivity contribution in [2.75, 3.05) is 0 Å². The van der Waals surface area contributed by atoms with Gasteiger partial charge in [0.1, 0.15) is 0 Å². The SMILES string of the molecule is CC(C)NCc1nnnn1-c1ccc(F)c(F)c1. The van der Waals surface area contributed by atoms with Gasteiger partial charge in [0.15, 0.2) is 17.5 Å². The summed E-state index contributed by atoms with van der Waals surface area (Å²) in [6.45, 7) is 4.43. The van der Waals surface area contributed by atoms with Gasteiger partial charge in [-0.1, -0.05) is 13.8 Å². The summed E-state index contributed by atoms with van der Waals surface area (Å²) in [6, 6.07) is 3.81. The van der Waals surface area contributed by atoms with Crippen molar-refractivity contribution in [3.8, 4) is 5.69 Å². The Morgan fingerprint density at radius 2 is 2.06 bits per heavy atom. The first kappa shape index (κ1) is 12.6. The molecule has 5 nitrogen and oxygen atoms in total. The largest absolute Gasteiger partial charge is 0.308 e. The van der Waals surface area contributed by atoms with E-state index in [9.17, 15) is 8.78 Å². The Labute approximate surface area is 103 Å². The lowest BCUT2D eigenvalue weighted by molar-refractivity contribution is 0.506. The van der Waals surface area contributed by atoms with Crippen molar-refractivity contribution < 1.29 is 8.78 Å². The van der Waals surface area contributed by atoms with Crippen molar-refractivity contribution in [2.45, 2.75) is 26.4 Å². The van der Waals surface area contributed by atoms with Crippen LogP contribution in [-0.2, 0) is 6.54 Å². The molecule has 0 aliphatic rings. The van der Waals surface area contributed by atoms with E-state index >= 15 is 0 Å². The minimum atomic E-state index is -0.925. The lowest BCUT2D eigenvalue weighted by Crippen LogP contribution is -2.24. The number of nitrogens with one attached hydrogen (secondary N) is 1. The Morgan fingerprint density at radius 3 is 2.72 bits per heavy atom. The molecule has 0 saturated heterocycles. The van der Waals surface area contributed by atoms with Gasteiger partial charge in [0.05, 0.1) is 12.2 Å². The van der Waals surface area contributed by atoms with E-state index in [4.69, 9.17) is 0 Å². The standard InChI is InChI=1S/C11H13F2N5/c1-7(2)14-6-11-15-16-17-18(11)8-3-4-9(12)10(13)5-8/h3-5,7,14H,6H2,1-2H3. The highest BCUT2D eigenvalue weighted by Crippen LogP contribution is 2.13. The second-order valence-electron chi connectivity index (χ2n) is 4.14. The topological polar surface area (TPSA) is 55.6 Å². The summed E-state index contributed by atoms with van der Waals surface area (Å²) in [6.07, 6.45) is 0. The van der Waals surface area contributed by atoms with E-state index in [1.165, 1.54) is 10.7 Å². The Hall–Kier alpha value is -1.89. The summed E-state index contributed by atoms with van der Waals surface area (Å²) < 4.78 is 27.4. The third-order valence-electron chi connectivity index (χ3n) is 2.35. The number of rotatable bonds is 4. The third-order valence-corrected chi connectivity index (χ3v) is 2.35. The van der Waals surface area contributed by atoms with Crippen LogP contribution in [0, 0.1) is 11.6 Å². The average Bonchev–Trinajstić information content (AvgIpc) is 2.78. The molecule has 0 aliphatic heterocycles. The van der Waals surface area contributed by atoms with Crippen molar-refractivity contribution in [3.63, 3.8) is 0 Å². The number of halogens is 2. The molecule has 0 fully saturated rings. The Balaban J connectivity index is 2.27. The van der Waals surface area contributed by atoms with Crippen LogP contribution in [0.25, 0.3) is 5.69 Å². The van der Waals surface area contributed by atoms with E-state index < -0.39 is 11.6 Å². The lowest BCUT2D eigenvalue weighted by Gasteiger charge is -2.08. The Kier molecular flexibility index (Phi) is 3.61. The van der Waals surface area contributed by atoms with Gasteiger partial charge in [-0.25, -0.2) is 8.78 Å². The zero-order valence-electron chi connectivity index (χ0n) is 10.1. The molecule has 2 rings (SSSR count). The molecule has 2 aromatic rings. The second kappa shape index (κ2) is 5.18. The number of hydrogen-bond acceptors (Lipinski definition) is 4. The molecule has 0 radical (unpaired) electrons. The Bertz CT molecular complexity index is 538. The number of aromatic nitrogens is 4. The first-order chi connectivity index (χ1) is 8.58. The van der Waals surface area contributed by atoms with Crippen LogP contribution in [0.15, 0.2) is 18.2 Å². The first-order valence-electron chi connectivity index (χ1n) is 5.54. The zero-order valence-corrected chi connectivity index (χ0v) is 10.1. The predicted molar refractivity (Wildman–Crippen MR) is 61.0 cm³/mol. The van der Waals surface area contributed by atoms with E-state index in [1.807, 2.05) is 13.8 Å². The fraction of sp³-hybridized carbons (Fsp3) is 0.364. The van der Waals surface area contributed by atoms with Crippen LogP contribution in [0.3, 0.4) is 0 Å². The molecule has 96 valence electrons. The van der Waals surface area contributed by atoms with Crippen molar-refractivity contribution in [2.24, 2.45) is 0 Å². The molecule has 0 spiro atoms. The van der Waals surface area contributed by atoms with Crippen molar-refractivity contribution >= 4 is 0 Å². The second-order valence-corrected chi connectivity index (χ2v) is 4.14. The molecule has 0 amide bonds. The first-order valence-corrected chi connectivity index (χ1v) is 5.54. The summed E-state index contributed by atoms with van der Waals surface area (Å²) >= 11 is 0. The monoisotopic (exact) mass is 253 g/mol. The van der Waals surface area contributed by atoms with Crippen LogP contribution in [-0.4, -0.2) is 26.2 Å². The van der Waals surface area contributed by atoms with Crippen LogP contribution >= 0.6 is 0 Å². The maximum atomic E-state index is 13.1. The minimum absolute atomic E-state index is 0.278. The van der Waals surface area contributed by atoms with E-state index in [1.54, 1.807) is 0 Å². The van der Waals surface area contributed by atoms with Gasteiger partial charge < -0.3 is 5.32 Å². The number of tetrazole rings is 1. The fourth-order valence-electron chi connectivity index (χ4n) is 1.43. The minimum Gasteiger partial charge on any atom is -0.308 e. The molecular formula is C11H13F2N5. The molecule has 1 N–H and O–H groups in total. The highest BCUT2D eigenvalue weighted by atomic mass is 19.2. The van der Waals surface area contributed by atoms with Gasteiger partial charge >= 0.3 is 0 Å². The molecule has 7 heteroatoms. The van der Waals surface area contributed by atoms with Crippen LogP contribution in [0.2, 0.25) is 0 Å². The van der Waals surface area contributed by atoms with Crippen LogP contribution in [0.4, 0.5) is 8.78 Å². The summed E-state index contributed by atoms with van der Waals surface area (Å²) in [4.78, 5) is 0. The smallest absolute Gasteiger partial charge is 0.170 e. The molecule has 18 heavy (non-hydrogen) atoms. The van der Waals surface area contributed by atoms with Crippen molar-refractivity contribution in [1.82, 2.24) is 25.5 Å². The van der Waals surface area contributed by atoms with E-state index in [-0.39, 0.29) is 6.04 Å². The van der Waals surface area contributed by atoms with Crippen LogP contribution in [0.5, 0.6) is 0 Å². The van der Waals surface area contributed by atoms with Crippen molar-refractivity contribution in [3.05, 3.63) is 35.7 Å². The lowest BCUT2D eigenvalue weighted by atomic mass is 10.3. The van der Waals surface area contributed by atoms with Gasteiger partial charge in [0.2, 0.25) is 0 Å². The molecule has 1 aromatic heterocycles. The number of hydrogen-bond donors (Lipinski definition) is 1. The van der Waals surface area contributed by atoms with Gasteiger partial charge in [-0.2, -0.15) is 4.68 Å². The van der Waals surface area contributed by atoms with Gasteiger partial charge in [0.25, 0.3) is 0 Å². The van der Waals surface area contributed by atoms with Crippen molar-refractivity contribution in [1.29, 1.82) is 0 Å². The van der Waals surface area contributed by atoms with E-state index in [0.29, 0.717) is 18.1 Å². The maximum absolute atomic E-state index is 13.1. The highest BCUT2D eigenvalue weighted by molar-refractivity contribution is 5.32. The molecule has 0 bridgehead atoms. The predicted octanol–water partition coefficient (Wildman–Crippen LogP) is 1.44.